The van der Waals surface area contributed by atoms with Crippen LogP contribution in [0.3, 0.4) is 0 Å². The van der Waals surface area contributed by atoms with Gasteiger partial charge < -0.3 is 9.80 Å². The topological polar surface area (TPSA) is 75.5 Å². The smallest absolute Gasteiger partial charge is 0.272 e. The molecule has 0 spiro atoms. The van der Waals surface area contributed by atoms with Gasteiger partial charge in [0.15, 0.2) is 9.84 Å². The molecule has 1 aliphatic rings. The number of anilines is 1. The molecule has 0 N–H and O–H groups in total. The summed E-state index contributed by atoms with van der Waals surface area (Å²) < 4.78 is 25.0. The summed E-state index contributed by atoms with van der Waals surface area (Å²) in [5.41, 5.74) is 4.26. The van der Waals surface area contributed by atoms with Crippen molar-refractivity contribution in [3.8, 4) is 5.69 Å². The molecule has 0 unspecified atom stereocenters. The van der Waals surface area contributed by atoms with Crippen LogP contribution in [0.5, 0.6) is 0 Å². The lowest BCUT2D eigenvalue weighted by Crippen LogP contribution is -2.49. The van der Waals surface area contributed by atoms with Gasteiger partial charge in [-0.3, -0.25) is 4.79 Å². The van der Waals surface area contributed by atoms with E-state index < -0.39 is 9.84 Å². The standard InChI is InChI=1S/C23H26N4O3S/c1-17-5-4-6-20(15-17)25-11-13-26(14-12-25)23(28)22-16-18(2)24-27(22)19-7-9-21(10-8-19)31(3,29)30/h4-10,15-16H,11-14H2,1-3H3. The average Bonchev–Trinajstić information content (AvgIpc) is 3.14. The quantitative estimate of drug-likeness (QED) is 0.626. The Labute approximate surface area is 182 Å². The van der Waals surface area contributed by atoms with E-state index in [4.69, 9.17) is 0 Å². The molecule has 1 aromatic heterocycles. The second-order valence-corrected chi connectivity index (χ2v) is 9.98. The van der Waals surface area contributed by atoms with E-state index in [9.17, 15) is 13.2 Å². The van der Waals surface area contributed by atoms with Crippen molar-refractivity contribution in [2.75, 3.05) is 37.3 Å². The summed E-state index contributed by atoms with van der Waals surface area (Å²) in [7, 11) is -3.28. The maximum absolute atomic E-state index is 13.3. The highest BCUT2D eigenvalue weighted by Gasteiger charge is 2.26. The number of carbonyl (C=O) groups is 1. The van der Waals surface area contributed by atoms with Gasteiger partial charge in [-0.2, -0.15) is 5.10 Å². The van der Waals surface area contributed by atoms with E-state index in [2.05, 4.69) is 41.2 Å². The lowest BCUT2D eigenvalue weighted by Gasteiger charge is -2.36. The summed E-state index contributed by atoms with van der Waals surface area (Å²) in [6.45, 7) is 6.72. The number of carbonyl (C=O) groups excluding carboxylic acids is 1. The van der Waals surface area contributed by atoms with Gasteiger partial charge in [-0.25, -0.2) is 13.1 Å². The average molecular weight is 439 g/mol. The van der Waals surface area contributed by atoms with Crippen molar-refractivity contribution in [3.05, 3.63) is 71.5 Å². The van der Waals surface area contributed by atoms with Crippen molar-refractivity contribution in [1.29, 1.82) is 0 Å². The van der Waals surface area contributed by atoms with E-state index in [1.165, 1.54) is 29.6 Å². The number of benzene rings is 2. The molecule has 2 heterocycles. The molecule has 0 atom stereocenters. The Morgan fingerprint density at radius 1 is 0.903 bits per heavy atom. The number of rotatable bonds is 4. The highest BCUT2D eigenvalue weighted by molar-refractivity contribution is 7.90. The van der Waals surface area contributed by atoms with Crippen molar-refractivity contribution in [2.45, 2.75) is 18.7 Å². The fraction of sp³-hybridized carbons (Fsp3) is 0.304. The largest absolute Gasteiger partial charge is 0.368 e. The predicted molar refractivity (Wildman–Crippen MR) is 121 cm³/mol. The van der Waals surface area contributed by atoms with Gasteiger partial charge in [-0.1, -0.05) is 12.1 Å². The van der Waals surface area contributed by atoms with Crippen molar-refractivity contribution in [3.63, 3.8) is 0 Å². The zero-order chi connectivity index (χ0) is 22.2. The fourth-order valence-corrected chi connectivity index (χ4v) is 4.47. The molecule has 1 amide bonds. The molecule has 0 aliphatic carbocycles. The van der Waals surface area contributed by atoms with Crippen LogP contribution in [0.25, 0.3) is 5.69 Å². The van der Waals surface area contributed by atoms with Gasteiger partial charge in [-0.15, -0.1) is 0 Å². The number of nitrogens with zero attached hydrogens (tertiary/aromatic N) is 4. The van der Waals surface area contributed by atoms with Crippen LogP contribution in [0.1, 0.15) is 21.7 Å². The molecule has 0 bridgehead atoms. The number of amides is 1. The molecule has 2 aromatic carbocycles. The molecule has 7 nitrogen and oxygen atoms in total. The molecule has 1 saturated heterocycles. The van der Waals surface area contributed by atoms with Crippen molar-refractivity contribution in [2.24, 2.45) is 0 Å². The maximum Gasteiger partial charge on any atom is 0.272 e. The molecule has 0 radical (unpaired) electrons. The van der Waals surface area contributed by atoms with Crippen LogP contribution in [0, 0.1) is 13.8 Å². The number of piperazine rings is 1. The minimum Gasteiger partial charge on any atom is -0.368 e. The van der Waals surface area contributed by atoms with Crippen LogP contribution in [-0.2, 0) is 9.84 Å². The van der Waals surface area contributed by atoms with E-state index in [0.29, 0.717) is 24.5 Å². The van der Waals surface area contributed by atoms with E-state index in [-0.39, 0.29) is 10.8 Å². The van der Waals surface area contributed by atoms with Gasteiger partial charge in [-0.05, 0) is 61.9 Å². The van der Waals surface area contributed by atoms with Crippen LogP contribution in [-0.4, -0.2) is 61.4 Å². The fourth-order valence-electron chi connectivity index (χ4n) is 3.84. The summed E-state index contributed by atoms with van der Waals surface area (Å²) in [6, 6.07) is 16.6. The van der Waals surface area contributed by atoms with Crippen LogP contribution in [0.15, 0.2) is 59.5 Å². The van der Waals surface area contributed by atoms with Crippen LogP contribution < -0.4 is 4.90 Å². The zero-order valence-corrected chi connectivity index (χ0v) is 18.8. The first kappa shape index (κ1) is 21.1. The highest BCUT2D eigenvalue weighted by Crippen LogP contribution is 2.21. The van der Waals surface area contributed by atoms with E-state index in [1.54, 1.807) is 22.9 Å². The molecule has 8 heteroatoms. The van der Waals surface area contributed by atoms with Crippen molar-refractivity contribution >= 4 is 21.4 Å². The Kier molecular flexibility index (Phi) is 5.58. The number of sulfone groups is 1. The Morgan fingerprint density at radius 3 is 2.19 bits per heavy atom. The van der Waals surface area contributed by atoms with Gasteiger partial charge in [0, 0.05) is 38.1 Å². The first-order chi connectivity index (χ1) is 14.7. The van der Waals surface area contributed by atoms with Crippen LogP contribution in [0.4, 0.5) is 5.69 Å². The highest BCUT2D eigenvalue weighted by atomic mass is 32.2. The first-order valence-corrected chi connectivity index (χ1v) is 12.1. The Hall–Kier alpha value is -3.13. The monoisotopic (exact) mass is 438 g/mol. The lowest BCUT2D eigenvalue weighted by atomic mass is 10.2. The SMILES string of the molecule is Cc1cccc(N2CCN(C(=O)c3cc(C)nn3-c3ccc(S(C)(=O)=O)cc3)CC2)c1. The van der Waals surface area contributed by atoms with Gasteiger partial charge in [0.25, 0.3) is 5.91 Å². The number of hydrogen-bond donors (Lipinski definition) is 0. The van der Waals surface area contributed by atoms with Gasteiger partial charge in [0.2, 0.25) is 0 Å². The molecule has 0 saturated carbocycles. The minimum atomic E-state index is -3.28. The third kappa shape index (κ3) is 4.49. The molecule has 31 heavy (non-hydrogen) atoms. The lowest BCUT2D eigenvalue weighted by molar-refractivity contribution is 0.0737. The number of aromatic nitrogens is 2. The van der Waals surface area contributed by atoms with Crippen LogP contribution >= 0.6 is 0 Å². The van der Waals surface area contributed by atoms with Crippen LogP contribution in [0.2, 0.25) is 0 Å². The Balaban J connectivity index is 1.52. The summed E-state index contributed by atoms with van der Waals surface area (Å²) in [6.07, 6.45) is 1.17. The molecular formula is C23H26N4O3S. The Bertz CT molecular complexity index is 1210. The van der Waals surface area contributed by atoms with Crippen molar-refractivity contribution < 1.29 is 13.2 Å². The third-order valence-corrected chi connectivity index (χ3v) is 6.62. The predicted octanol–water partition coefficient (Wildman–Crippen LogP) is 2.86. The van der Waals surface area contributed by atoms with Gasteiger partial charge in [0.05, 0.1) is 16.3 Å². The molecule has 1 fully saturated rings. The van der Waals surface area contributed by atoms with E-state index >= 15 is 0 Å². The number of hydrogen-bond acceptors (Lipinski definition) is 5. The summed E-state index contributed by atoms with van der Waals surface area (Å²) in [5.74, 6) is -0.0725. The Morgan fingerprint density at radius 2 is 1.58 bits per heavy atom. The maximum atomic E-state index is 13.3. The first-order valence-electron chi connectivity index (χ1n) is 10.2. The third-order valence-electron chi connectivity index (χ3n) is 5.49. The minimum absolute atomic E-state index is 0.0725. The molecule has 3 aromatic rings. The zero-order valence-electron chi connectivity index (χ0n) is 17.9. The second-order valence-electron chi connectivity index (χ2n) is 7.97. The normalized spacial score (nSPS) is 14.7. The molecule has 162 valence electrons. The summed E-state index contributed by atoms with van der Waals surface area (Å²) in [5, 5.41) is 4.47. The molecule has 1 aliphatic heterocycles. The molecule has 4 rings (SSSR count). The van der Waals surface area contributed by atoms with Gasteiger partial charge in [0.1, 0.15) is 5.69 Å². The second kappa shape index (κ2) is 8.19. The number of aryl methyl sites for hydroxylation is 2. The molecular weight excluding hydrogens is 412 g/mol. The summed E-state index contributed by atoms with van der Waals surface area (Å²) >= 11 is 0. The van der Waals surface area contributed by atoms with Gasteiger partial charge >= 0.3 is 0 Å². The van der Waals surface area contributed by atoms with E-state index in [1.807, 2.05) is 11.8 Å². The van der Waals surface area contributed by atoms with Crippen molar-refractivity contribution in [1.82, 2.24) is 14.7 Å². The van der Waals surface area contributed by atoms with E-state index in [0.717, 1.165) is 18.8 Å². The summed E-state index contributed by atoms with van der Waals surface area (Å²) in [4.78, 5) is 17.7.